The van der Waals surface area contributed by atoms with E-state index >= 15 is 0 Å². The predicted octanol–water partition coefficient (Wildman–Crippen LogP) is 3.34. The van der Waals surface area contributed by atoms with Crippen molar-refractivity contribution in [1.29, 1.82) is 0 Å². The van der Waals surface area contributed by atoms with E-state index in [0.717, 1.165) is 27.8 Å². The van der Waals surface area contributed by atoms with Gasteiger partial charge in [0.2, 0.25) is 0 Å². The van der Waals surface area contributed by atoms with Crippen LogP contribution in [0, 0.1) is 0 Å². The van der Waals surface area contributed by atoms with Gasteiger partial charge in [0.25, 0.3) is 0 Å². The van der Waals surface area contributed by atoms with Gasteiger partial charge in [0.15, 0.2) is 0 Å². The number of aromatic nitrogens is 1. The Morgan fingerprint density at radius 1 is 1.05 bits per heavy atom. The van der Waals surface area contributed by atoms with Crippen LogP contribution in [0.25, 0.3) is 10.8 Å². The topological polar surface area (TPSA) is 54.4 Å². The van der Waals surface area contributed by atoms with Crippen molar-refractivity contribution < 1.29 is 9.76 Å². The minimum absolute atomic E-state index is 0.496. The SMILES string of the molecule is CB(O)Nc1ccc(OCc2ccncc2)c2ccccc12. The van der Waals surface area contributed by atoms with Crippen LogP contribution in [0.4, 0.5) is 5.69 Å². The molecule has 0 amide bonds. The molecule has 0 fully saturated rings. The molecule has 0 unspecified atom stereocenters. The van der Waals surface area contributed by atoms with E-state index in [1.165, 1.54) is 0 Å². The van der Waals surface area contributed by atoms with Gasteiger partial charge >= 0.3 is 7.05 Å². The maximum absolute atomic E-state index is 9.54. The quantitative estimate of drug-likeness (QED) is 0.708. The van der Waals surface area contributed by atoms with Gasteiger partial charge in [-0.05, 0) is 36.7 Å². The van der Waals surface area contributed by atoms with E-state index in [-0.39, 0.29) is 0 Å². The highest BCUT2D eigenvalue weighted by Crippen LogP contribution is 2.32. The number of rotatable bonds is 5. The number of fused-ring (bicyclic) bond motifs is 1. The number of nitrogens with zero attached hydrogens (tertiary/aromatic N) is 1. The Morgan fingerprint density at radius 2 is 1.77 bits per heavy atom. The average Bonchev–Trinajstić information content (AvgIpc) is 2.55. The standard InChI is InChI=1S/C17H17BN2O2/c1-18(21)20-16-6-7-17(15-5-3-2-4-14(15)16)22-12-13-8-10-19-11-9-13/h2-11,20-21H,12H2,1H3. The number of benzene rings is 2. The maximum Gasteiger partial charge on any atom is 0.406 e. The molecule has 5 heteroatoms. The highest BCUT2D eigenvalue weighted by molar-refractivity contribution is 6.53. The smallest absolute Gasteiger partial charge is 0.406 e. The Hall–Kier alpha value is -2.53. The second-order valence-electron chi connectivity index (χ2n) is 5.12. The summed E-state index contributed by atoms with van der Waals surface area (Å²) >= 11 is 0. The maximum atomic E-state index is 9.54. The van der Waals surface area contributed by atoms with E-state index in [9.17, 15) is 5.02 Å². The first-order valence-electron chi connectivity index (χ1n) is 7.22. The van der Waals surface area contributed by atoms with E-state index < -0.39 is 7.05 Å². The molecule has 0 atom stereocenters. The molecule has 110 valence electrons. The summed E-state index contributed by atoms with van der Waals surface area (Å²) in [6.07, 6.45) is 3.51. The Balaban J connectivity index is 1.90. The molecule has 0 aliphatic heterocycles. The fraction of sp³-hybridized carbons (Fsp3) is 0.118. The minimum Gasteiger partial charge on any atom is -0.488 e. The van der Waals surface area contributed by atoms with Crippen LogP contribution in [0.15, 0.2) is 60.9 Å². The summed E-state index contributed by atoms with van der Waals surface area (Å²) in [7, 11) is -0.605. The molecule has 3 rings (SSSR count). The molecule has 4 nitrogen and oxygen atoms in total. The van der Waals surface area contributed by atoms with Gasteiger partial charge in [0.05, 0.1) is 0 Å². The van der Waals surface area contributed by atoms with Gasteiger partial charge in [-0.3, -0.25) is 4.98 Å². The lowest BCUT2D eigenvalue weighted by molar-refractivity contribution is 0.310. The minimum atomic E-state index is -0.605. The number of nitrogens with one attached hydrogen (secondary N) is 1. The van der Waals surface area contributed by atoms with Crippen LogP contribution in [0.1, 0.15) is 5.56 Å². The van der Waals surface area contributed by atoms with E-state index in [1.54, 1.807) is 19.2 Å². The molecule has 0 radical (unpaired) electrons. The third-order valence-corrected chi connectivity index (χ3v) is 3.39. The first kappa shape index (κ1) is 14.4. The number of pyridine rings is 1. The van der Waals surface area contributed by atoms with Gasteiger partial charge < -0.3 is 15.0 Å². The van der Waals surface area contributed by atoms with Crippen LogP contribution < -0.4 is 9.96 Å². The zero-order valence-corrected chi connectivity index (χ0v) is 12.4. The van der Waals surface area contributed by atoms with E-state index in [1.807, 2.05) is 48.5 Å². The molecule has 0 saturated carbocycles. The summed E-state index contributed by atoms with van der Waals surface area (Å²) < 4.78 is 5.95. The van der Waals surface area contributed by atoms with Crippen molar-refractivity contribution in [3.05, 3.63) is 66.5 Å². The Labute approximate surface area is 129 Å². The van der Waals surface area contributed by atoms with E-state index in [2.05, 4.69) is 10.2 Å². The fourth-order valence-electron chi connectivity index (χ4n) is 2.39. The zero-order chi connectivity index (χ0) is 15.4. The van der Waals surface area contributed by atoms with Crippen molar-refractivity contribution in [1.82, 2.24) is 4.98 Å². The van der Waals surface area contributed by atoms with Crippen LogP contribution in [0.5, 0.6) is 5.75 Å². The summed E-state index contributed by atoms with van der Waals surface area (Å²) in [5.74, 6) is 0.823. The number of hydrogen-bond donors (Lipinski definition) is 2. The summed E-state index contributed by atoms with van der Waals surface area (Å²) in [5.41, 5.74) is 1.96. The molecule has 1 aromatic heterocycles. The van der Waals surface area contributed by atoms with Crippen LogP contribution in [0.2, 0.25) is 6.82 Å². The predicted molar refractivity (Wildman–Crippen MR) is 90.0 cm³/mol. The Morgan fingerprint density at radius 3 is 2.50 bits per heavy atom. The summed E-state index contributed by atoms with van der Waals surface area (Å²) in [6, 6.07) is 15.7. The summed E-state index contributed by atoms with van der Waals surface area (Å²) in [4.78, 5) is 4.00. The molecule has 0 aliphatic carbocycles. The molecule has 2 N–H and O–H groups in total. The second kappa shape index (κ2) is 6.49. The van der Waals surface area contributed by atoms with Gasteiger partial charge in [-0.1, -0.05) is 24.3 Å². The van der Waals surface area contributed by atoms with Crippen LogP contribution in [-0.2, 0) is 6.61 Å². The molecular formula is C17H17BN2O2. The van der Waals surface area contributed by atoms with Gasteiger partial charge in [-0.2, -0.15) is 0 Å². The lowest BCUT2D eigenvalue weighted by atomic mass is 9.87. The van der Waals surface area contributed by atoms with Crippen LogP contribution in [-0.4, -0.2) is 17.1 Å². The Kier molecular flexibility index (Phi) is 4.25. The Bertz CT molecular complexity index is 763. The largest absolute Gasteiger partial charge is 0.488 e. The molecule has 22 heavy (non-hydrogen) atoms. The first-order chi connectivity index (χ1) is 10.7. The fourth-order valence-corrected chi connectivity index (χ4v) is 2.39. The molecule has 0 spiro atoms. The normalized spacial score (nSPS) is 10.5. The van der Waals surface area contributed by atoms with Crippen molar-refractivity contribution in [3.63, 3.8) is 0 Å². The highest BCUT2D eigenvalue weighted by atomic mass is 16.5. The highest BCUT2D eigenvalue weighted by Gasteiger charge is 2.10. The van der Waals surface area contributed by atoms with Crippen molar-refractivity contribution in [2.45, 2.75) is 13.4 Å². The second-order valence-corrected chi connectivity index (χ2v) is 5.12. The average molecular weight is 292 g/mol. The number of anilines is 1. The summed E-state index contributed by atoms with van der Waals surface area (Å²) in [5, 5.41) is 14.6. The molecule has 0 aliphatic rings. The van der Waals surface area contributed by atoms with Crippen LogP contribution >= 0.6 is 0 Å². The third kappa shape index (κ3) is 3.20. The van der Waals surface area contributed by atoms with E-state index in [0.29, 0.717) is 6.61 Å². The van der Waals surface area contributed by atoms with Gasteiger partial charge in [-0.15, -0.1) is 0 Å². The monoisotopic (exact) mass is 292 g/mol. The molecule has 2 aromatic carbocycles. The number of hydrogen-bond acceptors (Lipinski definition) is 4. The van der Waals surface area contributed by atoms with E-state index in [4.69, 9.17) is 4.74 Å². The molecular weight excluding hydrogens is 275 g/mol. The zero-order valence-electron chi connectivity index (χ0n) is 12.4. The lowest BCUT2D eigenvalue weighted by Gasteiger charge is -2.14. The number of ether oxygens (including phenoxy) is 1. The molecule has 1 heterocycles. The van der Waals surface area contributed by atoms with Crippen molar-refractivity contribution in [2.24, 2.45) is 0 Å². The van der Waals surface area contributed by atoms with Crippen molar-refractivity contribution >= 4 is 23.5 Å². The molecule has 3 aromatic rings. The molecule has 0 bridgehead atoms. The lowest BCUT2D eigenvalue weighted by Crippen LogP contribution is -2.19. The molecule has 0 saturated heterocycles. The van der Waals surface area contributed by atoms with Gasteiger partial charge in [-0.25, -0.2) is 0 Å². The van der Waals surface area contributed by atoms with Gasteiger partial charge in [0.1, 0.15) is 12.4 Å². The third-order valence-electron chi connectivity index (χ3n) is 3.39. The van der Waals surface area contributed by atoms with Gasteiger partial charge in [0, 0.05) is 28.9 Å². The van der Waals surface area contributed by atoms with Crippen molar-refractivity contribution in [3.8, 4) is 5.75 Å². The first-order valence-corrected chi connectivity index (χ1v) is 7.22. The van der Waals surface area contributed by atoms with Crippen LogP contribution in [0.3, 0.4) is 0 Å². The summed E-state index contributed by atoms with van der Waals surface area (Å²) in [6.45, 7) is 2.19. The van der Waals surface area contributed by atoms with Crippen molar-refractivity contribution in [2.75, 3.05) is 5.23 Å².